The second-order valence-corrected chi connectivity index (χ2v) is 6.83. The van der Waals surface area contributed by atoms with Gasteiger partial charge in [0.1, 0.15) is 0 Å². The van der Waals surface area contributed by atoms with Crippen molar-refractivity contribution in [2.45, 2.75) is 13.5 Å². The summed E-state index contributed by atoms with van der Waals surface area (Å²) in [5.41, 5.74) is 3.46. The van der Waals surface area contributed by atoms with Crippen LogP contribution in [0.5, 0.6) is 0 Å². The van der Waals surface area contributed by atoms with Crippen LogP contribution >= 0.6 is 15.9 Å². The van der Waals surface area contributed by atoms with Gasteiger partial charge in [-0.1, -0.05) is 42.5 Å². The van der Waals surface area contributed by atoms with Crippen molar-refractivity contribution >= 4 is 45.3 Å². The quantitative estimate of drug-likeness (QED) is 0.348. The van der Waals surface area contributed by atoms with Crippen LogP contribution in [0.1, 0.15) is 12.5 Å². The van der Waals surface area contributed by atoms with Crippen LogP contribution < -0.4 is 16.7 Å². The number of imidazole rings is 1. The molecule has 2 aromatic heterocycles. The molecule has 0 aliphatic heterocycles. The second-order valence-electron chi connectivity index (χ2n) is 5.92. The van der Waals surface area contributed by atoms with Gasteiger partial charge in [-0.2, -0.15) is 10.1 Å². The Bertz CT molecular complexity index is 1180. The third kappa shape index (κ3) is 4.20. The molecule has 3 aromatic rings. The zero-order valence-corrected chi connectivity index (χ0v) is 17.0. The molecule has 0 aliphatic carbocycles. The van der Waals surface area contributed by atoms with Crippen LogP contribution in [-0.4, -0.2) is 25.3 Å². The minimum absolute atomic E-state index is 0.287. The molecule has 0 bridgehead atoms. The van der Waals surface area contributed by atoms with Gasteiger partial charge >= 0.3 is 5.69 Å². The molecule has 0 spiro atoms. The average molecular weight is 443 g/mol. The fourth-order valence-corrected chi connectivity index (χ4v) is 2.97. The van der Waals surface area contributed by atoms with Crippen LogP contribution in [0.3, 0.4) is 0 Å². The number of halogens is 1. The molecular formula is C19H19BrN6O2. The summed E-state index contributed by atoms with van der Waals surface area (Å²) in [6.07, 6.45) is 7.26. The number of aryl methyl sites for hydroxylation is 1. The van der Waals surface area contributed by atoms with Gasteiger partial charge in [-0.15, -0.1) is 0 Å². The number of hydrogen-bond acceptors (Lipinski definition) is 5. The van der Waals surface area contributed by atoms with Crippen molar-refractivity contribution in [3.05, 3.63) is 73.4 Å². The first-order valence-corrected chi connectivity index (χ1v) is 9.32. The highest BCUT2D eigenvalue weighted by atomic mass is 79.9. The molecule has 28 heavy (non-hydrogen) atoms. The van der Waals surface area contributed by atoms with Crippen LogP contribution in [0.25, 0.3) is 17.2 Å². The maximum atomic E-state index is 12.3. The molecule has 8 nitrogen and oxygen atoms in total. The Hall–Kier alpha value is -3.20. The van der Waals surface area contributed by atoms with Crippen molar-refractivity contribution < 1.29 is 0 Å². The Morgan fingerprint density at radius 2 is 2.07 bits per heavy atom. The molecular weight excluding hydrogens is 424 g/mol. The van der Waals surface area contributed by atoms with E-state index in [9.17, 15) is 9.59 Å². The molecule has 3 rings (SSSR count). The predicted octanol–water partition coefficient (Wildman–Crippen LogP) is 2.83. The average Bonchev–Trinajstić information content (AvgIpc) is 3.04. The third-order valence-corrected chi connectivity index (χ3v) is 4.42. The number of anilines is 1. The number of H-pyrrole nitrogens is 1. The molecule has 2 N–H and O–H groups in total. The number of benzene rings is 1. The van der Waals surface area contributed by atoms with Gasteiger partial charge in [-0.3, -0.25) is 18.9 Å². The lowest BCUT2D eigenvalue weighted by atomic mass is 10.2. The Morgan fingerprint density at radius 3 is 2.79 bits per heavy atom. The monoisotopic (exact) mass is 442 g/mol. The summed E-state index contributed by atoms with van der Waals surface area (Å²) in [6, 6.07) is 9.81. The standard InChI is InChI=1S/C19H19BrN6O2/c1-3-4-10-26-15-16(25(2)19(28)23-17(15)27)22-18(26)24-21-12-14(20)11-13-8-6-5-7-9-13/h3-9,11-12H,10H2,1-2H3,(H,22,24)(H,23,27,28)/b4-3+,14-11-,21-12-. The molecule has 0 fully saturated rings. The van der Waals surface area contributed by atoms with E-state index in [4.69, 9.17) is 0 Å². The Morgan fingerprint density at radius 1 is 1.32 bits per heavy atom. The van der Waals surface area contributed by atoms with Gasteiger partial charge in [0.05, 0.1) is 6.21 Å². The van der Waals surface area contributed by atoms with E-state index in [2.05, 4.69) is 36.4 Å². The van der Waals surface area contributed by atoms with Crippen LogP contribution in [0.2, 0.25) is 0 Å². The van der Waals surface area contributed by atoms with Crippen molar-refractivity contribution in [2.24, 2.45) is 12.1 Å². The van der Waals surface area contributed by atoms with Gasteiger partial charge in [0.2, 0.25) is 5.95 Å². The summed E-state index contributed by atoms with van der Waals surface area (Å²) in [5, 5.41) is 4.19. The lowest BCUT2D eigenvalue weighted by Gasteiger charge is -2.04. The number of nitrogens with zero attached hydrogens (tertiary/aromatic N) is 4. The van der Waals surface area contributed by atoms with Crippen molar-refractivity contribution in [3.8, 4) is 0 Å². The molecule has 0 unspecified atom stereocenters. The van der Waals surface area contributed by atoms with E-state index in [0.29, 0.717) is 18.0 Å². The van der Waals surface area contributed by atoms with Crippen molar-refractivity contribution in [2.75, 3.05) is 5.43 Å². The molecule has 0 radical (unpaired) electrons. The highest BCUT2D eigenvalue weighted by Gasteiger charge is 2.16. The number of allylic oxidation sites excluding steroid dienone is 3. The van der Waals surface area contributed by atoms with E-state index in [1.807, 2.05) is 55.5 Å². The van der Waals surface area contributed by atoms with Gasteiger partial charge < -0.3 is 0 Å². The maximum Gasteiger partial charge on any atom is 0.329 e. The Labute approximate surface area is 169 Å². The number of hydrogen-bond donors (Lipinski definition) is 2. The Balaban J connectivity index is 1.95. The molecule has 0 atom stereocenters. The number of fused-ring (bicyclic) bond motifs is 1. The van der Waals surface area contributed by atoms with Crippen molar-refractivity contribution in [3.63, 3.8) is 0 Å². The molecule has 2 heterocycles. The highest BCUT2D eigenvalue weighted by molar-refractivity contribution is 9.12. The van der Waals surface area contributed by atoms with E-state index >= 15 is 0 Å². The minimum atomic E-state index is -0.517. The van der Waals surface area contributed by atoms with Gasteiger partial charge in [0, 0.05) is 18.1 Å². The first kappa shape index (κ1) is 19.6. The number of aromatic nitrogens is 4. The summed E-state index contributed by atoms with van der Waals surface area (Å²) >= 11 is 3.45. The van der Waals surface area contributed by atoms with E-state index in [0.717, 1.165) is 10.0 Å². The van der Waals surface area contributed by atoms with E-state index in [-0.39, 0.29) is 5.65 Å². The zero-order chi connectivity index (χ0) is 20.1. The molecule has 0 saturated heterocycles. The molecule has 1 aromatic carbocycles. The van der Waals surface area contributed by atoms with Crippen LogP contribution in [0, 0.1) is 0 Å². The molecule has 0 saturated carbocycles. The first-order chi connectivity index (χ1) is 13.5. The summed E-state index contributed by atoms with van der Waals surface area (Å²) in [6.45, 7) is 2.29. The first-order valence-electron chi connectivity index (χ1n) is 8.53. The van der Waals surface area contributed by atoms with Crippen LogP contribution in [-0.2, 0) is 13.6 Å². The molecule has 0 aliphatic rings. The number of aromatic amines is 1. The predicted molar refractivity (Wildman–Crippen MR) is 116 cm³/mol. The van der Waals surface area contributed by atoms with Crippen LogP contribution in [0.15, 0.2) is 61.7 Å². The number of hydrazone groups is 1. The largest absolute Gasteiger partial charge is 0.329 e. The lowest BCUT2D eigenvalue weighted by molar-refractivity contribution is 0.818. The maximum absolute atomic E-state index is 12.3. The lowest BCUT2D eigenvalue weighted by Crippen LogP contribution is -2.29. The molecule has 144 valence electrons. The summed E-state index contributed by atoms with van der Waals surface area (Å²) in [7, 11) is 1.56. The zero-order valence-electron chi connectivity index (χ0n) is 15.4. The van der Waals surface area contributed by atoms with Gasteiger partial charge in [0.25, 0.3) is 5.56 Å². The van der Waals surface area contributed by atoms with Crippen molar-refractivity contribution in [1.82, 2.24) is 19.1 Å². The van der Waals surface area contributed by atoms with Gasteiger partial charge in [-0.05, 0) is 34.5 Å². The van der Waals surface area contributed by atoms with Gasteiger partial charge in [0.15, 0.2) is 11.2 Å². The van der Waals surface area contributed by atoms with E-state index in [1.54, 1.807) is 17.8 Å². The topological polar surface area (TPSA) is 97.1 Å². The Kier molecular flexibility index (Phi) is 6.05. The number of nitrogens with one attached hydrogen (secondary N) is 2. The van der Waals surface area contributed by atoms with Gasteiger partial charge in [-0.25, -0.2) is 10.2 Å². The summed E-state index contributed by atoms with van der Waals surface area (Å²) in [4.78, 5) is 30.8. The normalized spacial score (nSPS) is 12.5. The fraction of sp³-hybridized carbons (Fsp3) is 0.158. The molecule has 9 heteroatoms. The fourth-order valence-electron chi connectivity index (χ4n) is 2.61. The van der Waals surface area contributed by atoms with Crippen LogP contribution in [0.4, 0.5) is 5.95 Å². The SMILES string of the molecule is C/C=C/Cn1c(N/N=C\C(Br)=C\c2ccccc2)nc2c1c(=O)[nH]c(=O)n2C. The summed E-state index contributed by atoms with van der Waals surface area (Å²) in [5.74, 6) is 0.357. The molecule has 0 amide bonds. The third-order valence-electron chi connectivity index (χ3n) is 3.99. The van der Waals surface area contributed by atoms with E-state index < -0.39 is 11.2 Å². The van der Waals surface area contributed by atoms with Crippen molar-refractivity contribution in [1.29, 1.82) is 0 Å². The number of rotatable bonds is 6. The second kappa shape index (κ2) is 8.66. The van der Waals surface area contributed by atoms with E-state index in [1.165, 1.54) is 4.57 Å². The smallest absolute Gasteiger partial charge is 0.299 e. The minimum Gasteiger partial charge on any atom is -0.299 e. The highest BCUT2D eigenvalue weighted by Crippen LogP contribution is 2.16. The summed E-state index contributed by atoms with van der Waals surface area (Å²) < 4.78 is 3.72.